The van der Waals surface area contributed by atoms with Crippen molar-refractivity contribution >= 4 is 52.4 Å². The van der Waals surface area contributed by atoms with Crippen LogP contribution in [0.15, 0.2) is 78.9 Å². The molecule has 1 saturated carbocycles. The van der Waals surface area contributed by atoms with E-state index in [2.05, 4.69) is 42.5 Å². The molecule has 0 radical (unpaired) electrons. The Morgan fingerprint density at radius 2 is 1.83 bits per heavy atom. The van der Waals surface area contributed by atoms with Crippen LogP contribution in [0.1, 0.15) is 73.4 Å². The summed E-state index contributed by atoms with van der Waals surface area (Å²) in [4.78, 5) is 16.7. The zero-order chi connectivity index (χ0) is 28.8. The van der Waals surface area contributed by atoms with E-state index in [1.165, 1.54) is 5.56 Å². The van der Waals surface area contributed by atoms with Crippen molar-refractivity contribution in [1.82, 2.24) is 4.98 Å². The molecule has 0 bridgehead atoms. The zero-order valence-corrected chi connectivity index (χ0v) is 25.1. The Hall–Kier alpha value is -3.12. The predicted octanol–water partition coefficient (Wildman–Crippen LogP) is 8.84. The smallest absolute Gasteiger partial charge is 0.306 e. The summed E-state index contributed by atoms with van der Waals surface area (Å²) in [5, 5.41) is 12.7. The second kappa shape index (κ2) is 13.2. The number of halogens is 1. The van der Waals surface area contributed by atoms with Gasteiger partial charge in [0.25, 0.3) is 0 Å². The van der Waals surface area contributed by atoms with Gasteiger partial charge in [0, 0.05) is 22.7 Å². The summed E-state index contributed by atoms with van der Waals surface area (Å²) in [5.74, 6) is 1.76. The molecule has 1 unspecified atom stereocenters. The van der Waals surface area contributed by atoms with Crippen LogP contribution in [0.3, 0.4) is 0 Å². The Kier molecular flexibility index (Phi) is 9.49. The molecule has 1 heterocycles. The van der Waals surface area contributed by atoms with Crippen molar-refractivity contribution in [3.05, 3.63) is 112 Å². The highest BCUT2D eigenvalue weighted by Gasteiger charge is 2.26. The van der Waals surface area contributed by atoms with Crippen molar-refractivity contribution < 1.29 is 14.6 Å². The number of fused-ring (bicyclic) bond motifs is 1. The number of aliphatic hydroxyl groups is 1. The van der Waals surface area contributed by atoms with E-state index >= 15 is 0 Å². The quantitative estimate of drug-likeness (QED) is 0.102. The van der Waals surface area contributed by atoms with Gasteiger partial charge in [-0.2, -0.15) is 0 Å². The Balaban J connectivity index is 1.30. The number of benzene rings is 3. The van der Waals surface area contributed by atoms with E-state index in [1.54, 1.807) is 11.8 Å². The lowest BCUT2D eigenvalue weighted by Gasteiger charge is -2.27. The second-order valence-electron chi connectivity index (χ2n) is 11.3. The minimum atomic E-state index is -0.958. The average molecular weight is 586 g/mol. The van der Waals surface area contributed by atoms with Gasteiger partial charge in [0.1, 0.15) is 5.94 Å². The van der Waals surface area contributed by atoms with Crippen LogP contribution < -0.4 is 0 Å². The first-order chi connectivity index (χ1) is 19.8. The van der Waals surface area contributed by atoms with Crippen molar-refractivity contribution in [3.8, 4) is 0 Å². The number of aromatic nitrogens is 1. The third-order valence-corrected chi connectivity index (χ3v) is 8.51. The molecule has 0 spiro atoms. The van der Waals surface area contributed by atoms with Gasteiger partial charge in [-0.1, -0.05) is 78.3 Å². The Morgan fingerprint density at radius 1 is 1.07 bits per heavy atom. The Labute approximate surface area is 251 Å². The summed E-state index contributed by atoms with van der Waals surface area (Å²) >= 11 is 7.79. The van der Waals surface area contributed by atoms with Gasteiger partial charge in [-0.05, 0) is 91.3 Å². The zero-order valence-electron chi connectivity index (χ0n) is 23.6. The summed E-state index contributed by atoms with van der Waals surface area (Å²) < 4.78 is 5.44. The van der Waals surface area contributed by atoms with E-state index < -0.39 is 5.60 Å². The minimum absolute atomic E-state index is 0.0877. The van der Waals surface area contributed by atoms with E-state index in [4.69, 9.17) is 21.3 Å². The molecule has 41 heavy (non-hydrogen) atoms. The maximum absolute atomic E-state index is 12.0. The number of ether oxygens (including phenoxy) is 1. The molecule has 1 aliphatic rings. The molecule has 5 rings (SSSR count). The van der Waals surface area contributed by atoms with Crippen LogP contribution in [-0.4, -0.2) is 27.8 Å². The number of thioether (sulfide) groups is 1. The van der Waals surface area contributed by atoms with Gasteiger partial charge < -0.3 is 9.84 Å². The average Bonchev–Trinajstić information content (AvgIpc) is 3.77. The van der Waals surface area contributed by atoms with Gasteiger partial charge in [-0.15, -0.1) is 11.8 Å². The molecular formula is C35H36ClNO3S. The van der Waals surface area contributed by atoms with Crippen LogP contribution >= 0.6 is 23.4 Å². The third-order valence-electron chi connectivity index (χ3n) is 7.46. The number of rotatable bonds is 12. The number of pyridine rings is 1. The fraction of sp³-hybridized carbons (Fsp3) is 0.314. The number of carbonyl (C=O) groups excluding carboxylic acids is 1. The van der Waals surface area contributed by atoms with Crippen LogP contribution in [-0.2, 0) is 15.1 Å². The summed E-state index contributed by atoms with van der Waals surface area (Å²) in [7, 11) is 0. The molecule has 212 valence electrons. The summed E-state index contributed by atoms with van der Waals surface area (Å²) in [6.07, 6.45) is 7.78. The molecule has 6 heteroatoms. The lowest BCUT2D eigenvalue weighted by molar-refractivity contribution is -0.141. The summed E-state index contributed by atoms with van der Waals surface area (Å²) in [6.45, 7) is 3.67. The first kappa shape index (κ1) is 29.4. The molecule has 1 atom stereocenters. The van der Waals surface area contributed by atoms with Gasteiger partial charge in [0.2, 0.25) is 0 Å². The lowest BCUT2D eigenvalue weighted by atomic mass is 9.81. The first-order valence-corrected chi connectivity index (χ1v) is 15.7. The molecule has 1 fully saturated rings. The molecular weight excluding hydrogens is 550 g/mol. The first-order valence-electron chi connectivity index (χ1n) is 14.2. The van der Waals surface area contributed by atoms with Crippen LogP contribution in [0.4, 0.5) is 0 Å². The number of hydrogen-bond acceptors (Lipinski definition) is 5. The molecule has 0 aliphatic heterocycles. The molecule has 1 aromatic heterocycles. The number of carbonyl (C=O) groups is 1. The van der Waals surface area contributed by atoms with Gasteiger partial charge >= 0.3 is 5.97 Å². The molecule has 4 nitrogen and oxygen atoms in total. The molecule has 0 amide bonds. The van der Waals surface area contributed by atoms with Gasteiger partial charge in [0.15, 0.2) is 0 Å². The van der Waals surface area contributed by atoms with Crippen molar-refractivity contribution in [1.29, 1.82) is 0 Å². The van der Waals surface area contributed by atoms with E-state index in [9.17, 15) is 9.90 Å². The maximum atomic E-state index is 12.0. The fourth-order valence-electron chi connectivity index (χ4n) is 5.06. The van der Waals surface area contributed by atoms with E-state index in [1.807, 2.05) is 62.4 Å². The predicted molar refractivity (Wildman–Crippen MR) is 171 cm³/mol. The molecule has 0 saturated heterocycles. The topological polar surface area (TPSA) is 59.4 Å². The van der Waals surface area contributed by atoms with Crippen LogP contribution in [0, 0.1) is 5.92 Å². The standard InChI is InChI=1S/C35H36ClNO3S/c1-35(2,39)32-6-4-3-5-31(32)30(19-20-41-23-40-34(38)21-25-7-8-25)26-12-9-24(10-13-26)11-17-29-18-15-27-14-16-28(36)22-33(27)37-29/h3-6,9-18,22,25,30,39H,7-8,19-21,23H2,1-2H3/b17-11+. The van der Waals surface area contributed by atoms with Crippen molar-refractivity contribution in [2.24, 2.45) is 5.92 Å². The second-order valence-corrected chi connectivity index (χ2v) is 12.7. The lowest BCUT2D eigenvalue weighted by Crippen LogP contribution is -2.20. The molecule has 3 aromatic carbocycles. The highest BCUT2D eigenvalue weighted by molar-refractivity contribution is 7.99. The number of nitrogens with zero attached hydrogens (tertiary/aromatic N) is 1. The van der Waals surface area contributed by atoms with Crippen LogP contribution in [0.25, 0.3) is 23.1 Å². The molecule has 1 N–H and O–H groups in total. The minimum Gasteiger partial charge on any atom is -0.455 e. The summed E-state index contributed by atoms with van der Waals surface area (Å²) in [6, 6.07) is 26.5. The SMILES string of the molecule is CC(C)(O)c1ccccc1C(CCSCOC(=O)CC1CC1)c1ccc(/C=C/c2ccc3ccc(Cl)cc3n2)cc1. The number of hydrogen-bond donors (Lipinski definition) is 1. The van der Waals surface area contributed by atoms with Crippen LogP contribution in [0.2, 0.25) is 5.02 Å². The Bertz CT molecular complexity index is 1520. The normalized spacial score (nSPS) is 14.4. The van der Waals surface area contributed by atoms with Crippen molar-refractivity contribution in [3.63, 3.8) is 0 Å². The van der Waals surface area contributed by atoms with Crippen LogP contribution in [0.5, 0.6) is 0 Å². The largest absolute Gasteiger partial charge is 0.455 e. The monoisotopic (exact) mass is 585 g/mol. The molecule has 1 aliphatic carbocycles. The fourth-order valence-corrected chi connectivity index (χ4v) is 5.97. The van der Waals surface area contributed by atoms with Gasteiger partial charge in [-0.25, -0.2) is 4.98 Å². The van der Waals surface area contributed by atoms with E-state index in [0.29, 0.717) is 23.3 Å². The maximum Gasteiger partial charge on any atom is 0.306 e. The van der Waals surface area contributed by atoms with Gasteiger partial charge in [0.05, 0.1) is 16.8 Å². The van der Waals surface area contributed by atoms with Crippen molar-refractivity contribution in [2.75, 3.05) is 11.7 Å². The number of esters is 1. The Morgan fingerprint density at radius 3 is 2.59 bits per heavy atom. The van der Waals surface area contributed by atoms with Gasteiger partial charge in [-0.3, -0.25) is 4.79 Å². The highest BCUT2D eigenvalue weighted by atomic mass is 35.5. The molecule has 4 aromatic rings. The van der Waals surface area contributed by atoms with E-state index in [-0.39, 0.29) is 11.9 Å². The summed E-state index contributed by atoms with van der Waals surface area (Å²) in [5.41, 5.74) is 5.09. The van der Waals surface area contributed by atoms with E-state index in [0.717, 1.165) is 58.3 Å². The third kappa shape index (κ3) is 8.22. The highest BCUT2D eigenvalue weighted by Crippen LogP contribution is 2.36. The van der Waals surface area contributed by atoms with Crippen molar-refractivity contribution in [2.45, 2.75) is 51.0 Å².